The molecule has 2 rings (SSSR count). The van der Waals surface area contributed by atoms with Crippen molar-refractivity contribution in [2.75, 3.05) is 25.0 Å². The molecule has 0 atom stereocenters. The van der Waals surface area contributed by atoms with E-state index in [1.54, 1.807) is 12.4 Å². The molecule has 25 heavy (non-hydrogen) atoms. The monoisotopic (exact) mass is 347 g/mol. The first-order valence-corrected chi connectivity index (χ1v) is 9.69. The Morgan fingerprint density at radius 3 is 2.52 bits per heavy atom. The fourth-order valence-electron chi connectivity index (χ4n) is 3.12. The van der Waals surface area contributed by atoms with Crippen LogP contribution in [-0.4, -0.2) is 30.6 Å². The lowest BCUT2D eigenvalue weighted by Gasteiger charge is -2.21. The molecule has 1 saturated carbocycles. The first-order valence-electron chi connectivity index (χ1n) is 9.69. The summed E-state index contributed by atoms with van der Waals surface area (Å²) < 4.78 is 0. The molecule has 0 radical (unpaired) electrons. The molecular weight excluding hydrogens is 314 g/mol. The summed E-state index contributed by atoms with van der Waals surface area (Å²) in [5.74, 6) is 1.10. The fourth-order valence-corrected chi connectivity index (χ4v) is 3.12. The first kappa shape index (κ1) is 19.7. The van der Waals surface area contributed by atoms with Crippen molar-refractivity contribution in [2.45, 2.75) is 57.8 Å². The van der Waals surface area contributed by atoms with Crippen LogP contribution in [0.1, 0.15) is 57.8 Å². The Morgan fingerprint density at radius 2 is 1.76 bits per heavy atom. The molecule has 0 saturated heterocycles. The van der Waals surface area contributed by atoms with E-state index < -0.39 is 0 Å². The maximum absolute atomic E-state index is 7.83. The Morgan fingerprint density at radius 1 is 1.04 bits per heavy atom. The number of nitrogens with one attached hydrogen (secondary N) is 4. The van der Waals surface area contributed by atoms with Crippen molar-refractivity contribution in [1.29, 1.82) is 5.41 Å². The van der Waals surface area contributed by atoms with Gasteiger partial charge >= 0.3 is 0 Å². The molecule has 6 nitrogen and oxygen atoms in total. The Hall–Kier alpha value is -1.66. The van der Waals surface area contributed by atoms with E-state index in [1.807, 2.05) is 12.1 Å². The van der Waals surface area contributed by atoms with Crippen LogP contribution in [0.2, 0.25) is 0 Å². The predicted octanol–water partition coefficient (Wildman–Crippen LogP) is 3.68. The van der Waals surface area contributed by atoms with Gasteiger partial charge in [0.2, 0.25) is 0 Å². The number of unbranched alkanes of at least 4 members (excludes halogenated alkanes) is 3. The maximum Gasteiger partial charge on any atom is 0.192 e. The number of aromatic nitrogens is 1. The van der Waals surface area contributed by atoms with Crippen LogP contribution in [0, 0.1) is 11.3 Å². The Balaban J connectivity index is 1.34. The molecule has 0 aromatic carbocycles. The number of pyridine rings is 1. The number of nitrogens with zero attached hydrogens (tertiary/aromatic N) is 1. The summed E-state index contributed by atoms with van der Waals surface area (Å²) in [5.41, 5.74) is 3.99. The highest BCUT2D eigenvalue weighted by Gasteiger charge is 2.13. The van der Waals surface area contributed by atoms with Crippen molar-refractivity contribution in [3.63, 3.8) is 0 Å². The number of rotatable bonds is 11. The lowest BCUT2D eigenvalue weighted by molar-refractivity contribution is 0.00861. The summed E-state index contributed by atoms with van der Waals surface area (Å²) in [4.78, 5) is 9.54. The maximum atomic E-state index is 7.83. The van der Waals surface area contributed by atoms with Gasteiger partial charge in [-0.1, -0.05) is 32.1 Å². The van der Waals surface area contributed by atoms with Crippen LogP contribution in [0.15, 0.2) is 24.5 Å². The van der Waals surface area contributed by atoms with Gasteiger partial charge in [0.05, 0.1) is 6.61 Å². The quantitative estimate of drug-likeness (QED) is 0.212. The van der Waals surface area contributed by atoms with Crippen molar-refractivity contribution >= 4 is 11.6 Å². The zero-order valence-electron chi connectivity index (χ0n) is 15.2. The molecule has 1 aliphatic rings. The average molecular weight is 348 g/mol. The molecule has 1 aromatic heterocycles. The number of guanidine groups is 1. The van der Waals surface area contributed by atoms with Crippen LogP contribution >= 0.6 is 0 Å². The van der Waals surface area contributed by atoms with Crippen molar-refractivity contribution in [3.05, 3.63) is 24.5 Å². The standard InChI is InChI=1S/C19H33N5O/c20-19(24-18-10-14-21-15-11-18)22-12-6-1-2-7-13-23-25-16-17-8-4-3-5-9-17/h10-11,14-15,17,23H,1-9,12-13,16H2,(H3,20,21,22,24). The molecule has 0 unspecified atom stereocenters. The zero-order chi connectivity index (χ0) is 17.6. The van der Waals surface area contributed by atoms with Gasteiger partial charge in [0.15, 0.2) is 5.96 Å². The lowest BCUT2D eigenvalue weighted by atomic mass is 9.90. The van der Waals surface area contributed by atoms with Crippen LogP contribution < -0.4 is 16.1 Å². The summed E-state index contributed by atoms with van der Waals surface area (Å²) in [7, 11) is 0. The minimum atomic E-state index is 0.337. The highest BCUT2D eigenvalue weighted by molar-refractivity contribution is 5.90. The minimum Gasteiger partial charge on any atom is -0.356 e. The third-order valence-corrected chi connectivity index (χ3v) is 4.60. The molecule has 1 heterocycles. The molecular formula is C19H33N5O. The molecule has 6 heteroatoms. The molecule has 0 spiro atoms. The van der Waals surface area contributed by atoms with Crippen LogP contribution in [-0.2, 0) is 4.84 Å². The van der Waals surface area contributed by atoms with Crippen LogP contribution in [0.4, 0.5) is 5.69 Å². The van der Waals surface area contributed by atoms with Gasteiger partial charge in [-0.25, -0.2) is 5.48 Å². The number of anilines is 1. The molecule has 140 valence electrons. The van der Waals surface area contributed by atoms with Crippen molar-refractivity contribution in [3.8, 4) is 0 Å². The van der Waals surface area contributed by atoms with Gasteiger partial charge in [-0.2, -0.15) is 0 Å². The van der Waals surface area contributed by atoms with E-state index in [-0.39, 0.29) is 0 Å². The lowest BCUT2D eigenvalue weighted by Crippen LogP contribution is -2.30. The average Bonchev–Trinajstić information content (AvgIpc) is 2.65. The van der Waals surface area contributed by atoms with E-state index in [2.05, 4.69) is 21.1 Å². The molecule has 4 N–H and O–H groups in total. The van der Waals surface area contributed by atoms with E-state index in [9.17, 15) is 0 Å². The summed E-state index contributed by atoms with van der Waals surface area (Å²) in [6.45, 7) is 2.62. The van der Waals surface area contributed by atoms with Gasteiger partial charge in [-0.15, -0.1) is 0 Å². The molecule has 0 aliphatic heterocycles. The smallest absolute Gasteiger partial charge is 0.192 e. The van der Waals surface area contributed by atoms with Gasteiger partial charge in [0, 0.05) is 31.2 Å². The van der Waals surface area contributed by atoms with Gasteiger partial charge in [-0.05, 0) is 43.7 Å². The number of hydrogen-bond acceptors (Lipinski definition) is 4. The fraction of sp³-hybridized carbons (Fsp3) is 0.684. The van der Waals surface area contributed by atoms with Crippen molar-refractivity contribution in [1.82, 2.24) is 15.8 Å². The molecule has 1 fully saturated rings. The summed E-state index contributed by atoms with van der Waals surface area (Å²) >= 11 is 0. The van der Waals surface area contributed by atoms with Crippen molar-refractivity contribution in [2.24, 2.45) is 5.92 Å². The van der Waals surface area contributed by atoms with Gasteiger partial charge in [0.1, 0.15) is 0 Å². The Labute approximate surface area is 151 Å². The number of hydroxylamine groups is 1. The van der Waals surface area contributed by atoms with Crippen molar-refractivity contribution < 1.29 is 4.84 Å². The van der Waals surface area contributed by atoms with E-state index in [1.165, 1.54) is 44.9 Å². The topological polar surface area (TPSA) is 82.1 Å². The third-order valence-electron chi connectivity index (χ3n) is 4.60. The highest BCUT2D eigenvalue weighted by atomic mass is 16.6. The second-order valence-electron chi connectivity index (χ2n) is 6.79. The summed E-state index contributed by atoms with van der Waals surface area (Å²) in [6, 6.07) is 3.69. The Bertz CT molecular complexity index is 462. The van der Waals surface area contributed by atoms with E-state index in [0.717, 1.165) is 44.1 Å². The van der Waals surface area contributed by atoms with E-state index in [4.69, 9.17) is 10.2 Å². The van der Waals surface area contributed by atoms with Crippen LogP contribution in [0.25, 0.3) is 0 Å². The summed E-state index contributed by atoms with van der Waals surface area (Å²) in [5, 5.41) is 13.9. The van der Waals surface area contributed by atoms with Gasteiger partial charge in [-0.3, -0.25) is 10.4 Å². The van der Waals surface area contributed by atoms with Crippen LogP contribution in [0.3, 0.4) is 0 Å². The summed E-state index contributed by atoms with van der Waals surface area (Å²) in [6.07, 6.45) is 14.8. The number of hydrogen-bond donors (Lipinski definition) is 4. The third kappa shape index (κ3) is 9.41. The second kappa shape index (κ2) is 12.7. The largest absolute Gasteiger partial charge is 0.356 e. The van der Waals surface area contributed by atoms with Crippen LogP contribution in [0.5, 0.6) is 0 Å². The molecule has 1 aromatic rings. The minimum absolute atomic E-state index is 0.337. The predicted molar refractivity (Wildman–Crippen MR) is 103 cm³/mol. The van der Waals surface area contributed by atoms with E-state index >= 15 is 0 Å². The first-order chi connectivity index (χ1) is 12.3. The second-order valence-corrected chi connectivity index (χ2v) is 6.79. The highest BCUT2D eigenvalue weighted by Crippen LogP contribution is 2.23. The Kier molecular flexibility index (Phi) is 9.96. The van der Waals surface area contributed by atoms with Gasteiger partial charge < -0.3 is 15.5 Å². The zero-order valence-corrected chi connectivity index (χ0v) is 15.2. The van der Waals surface area contributed by atoms with Gasteiger partial charge in [0.25, 0.3) is 0 Å². The molecule has 0 bridgehead atoms. The SMILES string of the molecule is N=C(NCCCCCCNOCC1CCCCC1)Nc1ccncc1. The molecule has 0 amide bonds. The molecule has 1 aliphatic carbocycles. The normalized spacial score (nSPS) is 15.0. The van der Waals surface area contributed by atoms with E-state index in [0.29, 0.717) is 5.96 Å².